The first-order valence-electron chi connectivity index (χ1n) is 7.65. The van der Waals surface area contributed by atoms with Gasteiger partial charge in [-0.05, 0) is 25.8 Å². The molecule has 0 aliphatic heterocycles. The summed E-state index contributed by atoms with van der Waals surface area (Å²) in [5.41, 5.74) is 6.10. The maximum absolute atomic E-state index is 11.7. The van der Waals surface area contributed by atoms with Gasteiger partial charge < -0.3 is 5.73 Å². The van der Waals surface area contributed by atoms with Crippen LogP contribution >= 0.6 is 0 Å². The van der Waals surface area contributed by atoms with Gasteiger partial charge in [0.05, 0.1) is 5.75 Å². The van der Waals surface area contributed by atoms with Crippen molar-refractivity contribution in [2.75, 3.05) is 31.1 Å². The van der Waals surface area contributed by atoms with Gasteiger partial charge >= 0.3 is 0 Å². The Hall–Kier alpha value is -0.130. The average molecular weight is 290 g/mol. The van der Waals surface area contributed by atoms with Crippen LogP contribution in [0.25, 0.3) is 0 Å². The number of rotatable bonds is 8. The summed E-state index contributed by atoms with van der Waals surface area (Å²) in [7, 11) is -2.89. The monoisotopic (exact) mass is 290 g/mol. The molecule has 0 bridgehead atoms. The van der Waals surface area contributed by atoms with Crippen LogP contribution in [0.2, 0.25) is 0 Å². The zero-order valence-corrected chi connectivity index (χ0v) is 13.3. The largest absolute Gasteiger partial charge is 0.329 e. The van der Waals surface area contributed by atoms with E-state index in [0.29, 0.717) is 13.1 Å². The fourth-order valence-electron chi connectivity index (χ4n) is 3.11. The van der Waals surface area contributed by atoms with Crippen molar-refractivity contribution < 1.29 is 8.42 Å². The lowest BCUT2D eigenvalue weighted by molar-refractivity contribution is 0.0626. The zero-order valence-electron chi connectivity index (χ0n) is 12.5. The van der Waals surface area contributed by atoms with Gasteiger partial charge in [-0.15, -0.1) is 0 Å². The third-order valence-electron chi connectivity index (χ3n) is 4.44. The van der Waals surface area contributed by atoms with Crippen molar-refractivity contribution in [3.63, 3.8) is 0 Å². The molecule has 0 radical (unpaired) electrons. The van der Waals surface area contributed by atoms with Crippen molar-refractivity contribution in [3.8, 4) is 0 Å². The second-order valence-electron chi connectivity index (χ2n) is 5.71. The van der Waals surface area contributed by atoms with Gasteiger partial charge in [-0.2, -0.15) is 0 Å². The predicted octanol–water partition coefficient (Wildman–Crippen LogP) is 1.79. The van der Waals surface area contributed by atoms with Gasteiger partial charge in [0, 0.05) is 24.4 Å². The van der Waals surface area contributed by atoms with Crippen molar-refractivity contribution >= 4 is 9.84 Å². The minimum Gasteiger partial charge on any atom is -0.329 e. The predicted molar refractivity (Wildman–Crippen MR) is 81.1 cm³/mol. The van der Waals surface area contributed by atoms with E-state index in [1.54, 1.807) is 6.92 Å². The number of hydrogen-bond donors (Lipinski definition) is 1. The second kappa shape index (κ2) is 7.60. The third kappa shape index (κ3) is 4.72. The van der Waals surface area contributed by atoms with E-state index in [4.69, 9.17) is 5.73 Å². The highest BCUT2D eigenvalue weighted by molar-refractivity contribution is 7.91. The number of sulfone groups is 1. The van der Waals surface area contributed by atoms with Gasteiger partial charge in [0.15, 0.2) is 9.84 Å². The molecule has 1 fully saturated rings. The molecule has 1 rings (SSSR count). The zero-order chi connectivity index (χ0) is 14.4. The van der Waals surface area contributed by atoms with E-state index in [0.717, 1.165) is 25.8 Å². The van der Waals surface area contributed by atoms with Crippen LogP contribution in [0.5, 0.6) is 0 Å². The molecule has 0 saturated heterocycles. The Kier molecular flexibility index (Phi) is 6.77. The second-order valence-corrected chi connectivity index (χ2v) is 8.19. The molecule has 0 unspecified atom stereocenters. The summed E-state index contributed by atoms with van der Waals surface area (Å²) in [5.74, 6) is 0.508. The molecule has 0 aromatic heterocycles. The van der Waals surface area contributed by atoms with Crippen molar-refractivity contribution in [1.82, 2.24) is 4.90 Å². The van der Waals surface area contributed by atoms with Crippen LogP contribution in [0.15, 0.2) is 0 Å². The third-order valence-corrected chi connectivity index (χ3v) is 6.12. The Morgan fingerprint density at radius 2 is 1.74 bits per heavy atom. The fraction of sp³-hybridized carbons (Fsp3) is 1.00. The van der Waals surface area contributed by atoms with Crippen LogP contribution in [-0.4, -0.2) is 50.0 Å². The van der Waals surface area contributed by atoms with E-state index in [9.17, 15) is 8.42 Å². The molecule has 0 atom stereocenters. The van der Waals surface area contributed by atoms with Crippen molar-refractivity contribution in [3.05, 3.63) is 0 Å². The summed E-state index contributed by atoms with van der Waals surface area (Å²) >= 11 is 0. The first kappa shape index (κ1) is 16.9. The van der Waals surface area contributed by atoms with Crippen LogP contribution in [0.1, 0.15) is 52.4 Å². The standard InChI is InChI=1S/C14H30N2O2S/c1-3-10-16(11-12-19(17,18)4-2)14(13-15)8-6-5-7-9-14/h3-13,15H2,1-2H3. The highest BCUT2D eigenvalue weighted by atomic mass is 32.2. The fourth-order valence-corrected chi connectivity index (χ4v) is 3.90. The summed E-state index contributed by atoms with van der Waals surface area (Å²) in [6.07, 6.45) is 7.02. The maximum atomic E-state index is 11.7. The summed E-state index contributed by atoms with van der Waals surface area (Å²) in [6.45, 7) is 6.12. The summed E-state index contributed by atoms with van der Waals surface area (Å²) in [6, 6.07) is 0. The van der Waals surface area contributed by atoms with Gasteiger partial charge in [0.1, 0.15) is 0 Å². The molecule has 0 heterocycles. The van der Waals surface area contributed by atoms with Crippen LogP contribution in [0, 0.1) is 0 Å². The molecular formula is C14H30N2O2S. The molecule has 19 heavy (non-hydrogen) atoms. The molecule has 114 valence electrons. The van der Waals surface area contributed by atoms with Crippen LogP contribution < -0.4 is 5.73 Å². The topological polar surface area (TPSA) is 63.4 Å². The van der Waals surface area contributed by atoms with E-state index in [1.165, 1.54) is 19.3 Å². The van der Waals surface area contributed by atoms with Crippen LogP contribution in [0.3, 0.4) is 0 Å². The van der Waals surface area contributed by atoms with Crippen molar-refractivity contribution in [2.45, 2.75) is 57.9 Å². The van der Waals surface area contributed by atoms with Gasteiger partial charge in [-0.3, -0.25) is 4.90 Å². The van der Waals surface area contributed by atoms with Gasteiger partial charge in [-0.1, -0.05) is 33.1 Å². The van der Waals surface area contributed by atoms with Crippen LogP contribution in [-0.2, 0) is 9.84 Å². The van der Waals surface area contributed by atoms with Crippen molar-refractivity contribution in [1.29, 1.82) is 0 Å². The molecule has 5 heteroatoms. The number of nitrogens with two attached hydrogens (primary N) is 1. The smallest absolute Gasteiger partial charge is 0.151 e. The van der Waals surface area contributed by atoms with E-state index in [1.807, 2.05) is 0 Å². The summed E-state index contributed by atoms with van der Waals surface area (Å²) in [4.78, 5) is 2.36. The van der Waals surface area contributed by atoms with Gasteiger partial charge in [0.2, 0.25) is 0 Å². The van der Waals surface area contributed by atoms with Crippen molar-refractivity contribution in [2.24, 2.45) is 5.73 Å². The SMILES string of the molecule is CCCN(CCS(=O)(=O)CC)C1(CN)CCCCC1. The summed E-state index contributed by atoms with van der Waals surface area (Å²) in [5, 5.41) is 0. The van der Waals surface area contributed by atoms with Crippen LogP contribution in [0.4, 0.5) is 0 Å². The Balaban J connectivity index is 2.74. The molecule has 1 aliphatic carbocycles. The normalized spacial score (nSPS) is 19.8. The molecule has 0 amide bonds. The Labute approximate surface area is 118 Å². The quantitative estimate of drug-likeness (QED) is 0.740. The molecule has 0 aromatic rings. The first-order chi connectivity index (χ1) is 8.99. The van der Waals surface area contributed by atoms with E-state index in [-0.39, 0.29) is 17.0 Å². The highest BCUT2D eigenvalue weighted by Crippen LogP contribution is 2.33. The number of nitrogens with zero attached hydrogens (tertiary/aromatic N) is 1. The van der Waals surface area contributed by atoms with E-state index >= 15 is 0 Å². The van der Waals surface area contributed by atoms with Gasteiger partial charge in [0.25, 0.3) is 0 Å². The lowest BCUT2D eigenvalue weighted by Crippen LogP contribution is -2.56. The molecule has 1 saturated carbocycles. The average Bonchev–Trinajstić information content (AvgIpc) is 2.44. The lowest BCUT2D eigenvalue weighted by atomic mass is 9.80. The minimum atomic E-state index is -2.89. The van der Waals surface area contributed by atoms with E-state index in [2.05, 4.69) is 11.8 Å². The molecule has 1 aliphatic rings. The molecular weight excluding hydrogens is 260 g/mol. The highest BCUT2D eigenvalue weighted by Gasteiger charge is 2.36. The Bertz CT molecular complexity index is 348. The molecule has 2 N–H and O–H groups in total. The Morgan fingerprint density at radius 3 is 2.21 bits per heavy atom. The molecule has 4 nitrogen and oxygen atoms in total. The number of hydrogen-bond acceptors (Lipinski definition) is 4. The first-order valence-corrected chi connectivity index (χ1v) is 9.47. The minimum absolute atomic E-state index is 0.0531. The van der Waals surface area contributed by atoms with Gasteiger partial charge in [-0.25, -0.2) is 8.42 Å². The van der Waals surface area contributed by atoms with E-state index < -0.39 is 9.84 Å². The Morgan fingerprint density at radius 1 is 1.11 bits per heavy atom. The summed E-state index contributed by atoms with van der Waals surface area (Å²) < 4.78 is 23.5. The maximum Gasteiger partial charge on any atom is 0.151 e. The molecule has 0 spiro atoms. The lowest BCUT2D eigenvalue weighted by Gasteiger charge is -2.46. The molecule has 0 aromatic carbocycles.